The van der Waals surface area contributed by atoms with Crippen LogP contribution in [0.15, 0.2) is 12.7 Å². The number of nitrogens with zero attached hydrogens (tertiary/aromatic N) is 1. The van der Waals surface area contributed by atoms with Gasteiger partial charge in [0.2, 0.25) is 0 Å². The van der Waals surface area contributed by atoms with Crippen LogP contribution in [0.5, 0.6) is 0 Å². The fourth-order valence-corrected chi connectivity index (χ4v) is 3.26. The average Bonchev–Trinajstić information content (AvgIpc) is 2.41. The molecule has 2 fully saturated rings. The molecule has 0 unspecified atom stereocenters. The smallest absolute Gasteiger partial charge is 0.0648 e. The van der Waals surface area contributed by atoms with Crippen molar-refractivity contribution >= 4 is 0 Å². The summed E-state index contributed by atoms with van der Waals surface area (Å²) in [5.41, 5.74) is 6.23. The van der Waals surface area contributed by atoms with Crippen molar-refractivity contribution in [1.29, 1.82) is 0 Å². The lowest BCUT2D eigenvalue weighted by Gasteiger charge is -2.37. The van der Waals surface area contributed by atoms with Crippen molar-refractivity contribution in [2.75, 3.05) is 26.2 Å². The number of nitrogens with two attached hydrogens (primary N) is 1. The molecule has 0 bridgehead atoms. The maximum atomic E-state index is 6.23. The van der Waals surface area contributed by atoms with Crippen molar-refractivity contribution in [3.05, 3.63) is 12.7 Å². The number of piperidine rings is 1. The topological polar surface area (TPSA) is 38.5 Å². The van der Waals surface area contributed by atoms with E-state index in [0.717, 1.165) is 18.8 Å². The Hall–Kier alpha value is -0.380. The van der Waals surface area contributed by atoms with E-state index in [-0.39, 0.29) is 0 Å². The number of hydrogen-bond acceptors (Lipinski definition) is 3. The first kappa shape index (κ1) is 14.0. The Kier molecular flexibility index (Phi) is 5.67. The summed E-state index contributed by atoms with van der Waals surface area (Å²) in [5.74, 6) is 0.726. The largest absolute Gasteiger partial charge is 0.374 e. The highest BCUT2D eigenvalue weighted by Gasteiger charge is 2.26. The normalized spacial score (nSPS) is 31.4. The highest BCUT2D eigenvalue weighted by atomic mass is 16.5. The van der Waals surface area contributed by atoms with Gasteiger partial charge in [0.15, 0.2) is 0 Å². The van der Waals surface area contributed by atoms with Crippen molar-refractivity contribution in [3.63, 3.8) is 0 Å². The molecule has 2 atom stereocenters. The van der Waals surface area contributed by atoms with Gasteiger partial charge in [-0.15, -0.1) is 6.58 Å². The van der Waals surface area contributed by atoms with Crippen LogP contribution in [-0.2, 0) is 4.74 Å². The van der Waals surface area contributed by atoms with Gasteiger partial charge in [0.25, 0.3) is 0 Å². The molecule has 18 heavy (non-hydrogen) atoms. The summed E-state index contributed by atoms with van der Waals surface area (Å²) in [6, 6.07) is 0.438. The first-order valence-corrected chi connectivity index (χ1v) is 7.50. The highest BCUT2D eigenvalue weighted by Crippen LogP contribution is 2.25. The van der Waals surface area contributed by atoms with E-state index < -0.39 is 0 Å². The van der Waals surface area contributed by atoms with E-state index in [1.54, 1.807) is 0 Å². The Bertz CT molecular complexity index is 249. The molecule has 0 aromatic heterocycles. The summed E-state index contributed by atoms with van der Waals surface area (Å²) in [5, 5.41) is 0. The van der Waals surface area contributed by atoms with Gasteiger partial charge in [0.1, 0.15) is 0 Å². The molecule has 104 valence electrons. The minimum absolute atomic E-state index is 0.438. The van der Waals surface area contributed by atoms with Crippen LogP contribution in [0.3, 0.4) is 0 Å². The molecule has 3 heteroatoms. The zero-order valence-electron chi connectivity index (χ0n) is 11.5. The van der Waals surface area contributed by atoms with Crippen LogP contribution in [0.25, 0.3) is 0 Å². The zero-order chi connectivity index (χ0) is 12.8. The molecule has 2 rings (SSSR count). The second-order valence-electron chi connectivity index (χ2n) is 5.83. The van der Waals surface area contributed by atoms with Crippen LogP contribution < -0.4 is 5.73 Å². The van der Waals surface area contributed by atoms with Crippen molar-refractivity contribution in [2.24, 2.45) is 11.7 Å². The molecule has 0 spiro atoms. The van der Waals surface area contributed by atoms with Gasteiger partial charge in [-0.25, -0.2) is 0 Å². The molecule has 1 aliphatic carbocycles. The predicted molar refractivity (Wildman–Crippen MR) is 75.5 cm³/mol. The lowest BCUT2D eigenvalue weighted by atomic mass is 9.84. The third-order valence-corrected chi connectivity index (χ3v) is 4.44. The van der Waals surface area contributed by atoms with Gasteiger partial charge in [-0.05, 0) is 31.6 Å². The molecule has 0 amide bonds. The van der Waals surface area contributed by atoms with E-state index in [4.69, 9.17) is 10.5 Å². The highest BCUT2D eigenvalue weighted by molar-refractivity contribution is 4.83. The molecule has 2 N–H and O–H groups in total. The summed E-state index contributed by atoms with van der Waals surface area (Å²) >= 11 is 0. The third-order valence-electron chi connectivity index (χ3n) is 4.44. The van der Waals surface area contributed by atoms with E-state index in [2.05, 4.69) is 11.5 Å². The number of hydrogen-bond donors (Lipinski definition) is 1. The number of likely N-dealkylation sites (tertiary alicyclic amines) is 1. The maximum Gasteiger partial charge on any atom is 0.0648 e. The second-order valence-corrected chi connectivity index (χ2v) is 5.83. The third kappa shape index (κ3) is 4.08. The summed E-state index contributed by atoms with van der Waals surface area (Å²) in [4.78, 5) is 2.59. The first-order valence-electron chi connectivity index (χ1n) is 7.50. The fraction of sp³-hybridized carbons (Fsp3) is 0.867. The molecule has 1 heterocycles. The Morgan fingerprint density at radius 2 is 1.89 bits per heavy atom. The van der Waals surface area contributed by atoms with Crippen LogP contribution in [0.1, 0.15) is 38.5 Å². The summed E-state index contributed by atoms with van der Waals surface area (Å²) in [6.07, 6.45) is 9.86. The predicted octanol–water partition coefficient (Wildman–Crippen LogP) is 2.17. The van der Waals surface area contributed by atoms with Crippen molar-refractivity contribution < 1.29 is 4.74 Å². The number of rotatable bonds is 5. The molecular weight excluding hydrogens is 224 g/mol. The van der Waals surface area contributed by atoms with Gasteiger partial charge in [0, 0.05) is 25.7 Å². The maximum absolute atomic E-state index is 6.23. The van der Waals surface area contributed by atoms with Gasteiger partial charge < -0.3 is 15.4 Å². The van der Waals surface area contributed by atoms with Crippen LogP contribution in [0, 0.1) is 5.92 Å². The standard InChI is InChI=1S/C15H28N2O/c1-2-11-18-14-7-9-17(10-8-14)12-13-5-3-4-6-15(13)16/h2,13-15H,1,3-12,16H2/t13-,15+/m0/s1. The average molecular weight is 252 g/mol. The Morgan fingerprint density at radius 3 is 2.56 bits per heavy atom. The van der Waals surface area contributed by atoms with Gasteiger partial charge in [0.05, 0.1) is 12.7 Å². The summed E-state index contributed by atoms with van der Waals surface area (Å²) in [6.45, 7) is 7.94. The molecule has 2 aliphatic rings. The fourth-order valence-electron chi connectivity index (χ4n) is 3.26. The van der Waals surface area contributed by atoms with Crippen molar-refractivity contribution in [2.45, 2.75) is 50.7 Å². The zero-order valence-corrected chi connectivity index (χ0v) is 11.5. The minimum Gasteiger partial charge on any atom is -0.374 e. The molecule has 1 saturated carbocycles. The lowest BCUT2D eigenvalue weighted by Crippen LogP contribution is -2.45. The van der Waals surface area contributed by atoms with E-state index in [1.807, 2.05) is 6.08 Å². The Labute approximate surface area is 111 Å². The monoisotopic (exact) mass is 252 g/mol. The minimum atomic E-state index is 0.438. The molecule has 0 aromatic carbocycles. The summed E-state index contributed by atoms with van der Waals surface area (Å²) in [7, 11) is 0. The van der Waals surface area contributed by atoms with Gasteiger partial charge in [-0.2, -0.15) is 0 Å². The SMILES string of the molecule is C=CCOC1CCN(C[C@@H]2CCCC[C@H]2N)CC1. The van der Waals surface area contributed by atoms with Crippen molar-refractivity contribution in [1.82, 2.24) is 4.90 Å². The van der Waals surface area contributed by atoms with Gasteiger partial charge in [-0.3, -0.25) is 0 Å². The Balaban J connectivity index is 1.68. The van der Waals surface area contributed by atoms with Crippen LogP contribution in [-0.4, -0.2) is 43.3 Å². The van der Waals surface area contributed by atoms with E-state index in [1.165, 1.54) is 45.3 Å². The molecule has 1 aliphatic heterocycles. The quantitative estimate of drug-likeness (QED) is 0.762. The van der Waals surface area contributed by atoms with E-state index >= 15 is 0 Å². The molecule has 3 nitrogen and oxygen atoms in total. The van der Waals surface area contributed by atoms with Gasteiger partial charge in [-0.1, -0.05) is 18.9 Å². The summed E-state index contributed by atoms with van der Waals surface area (Å²) < 4.78 is 5.72. The second kappa shape index (κ2) is 7.27. The van der Waals surface area contributed by atoms with Crippen LogP contribution >= 0.6 is 0 Å². The van der Waals surface area contributed by atoms with Crippen molar-refractivity contribution in [3.8, 4) is 0 Å². The lowest BCUT2D eigenvalue weighted by molar-refractivity contribution is 0.0162. The van der Waals surface area contributed by atoms with Crippen LogP contribution in [0.2, 0.25) is 0 Å². The van der Waals surface area contributed by atoms with Crippen LogP contribution in [0.4, 0.5) is 0 Å². The molecular formula is C15H28N2O. The molecule has 0 aromatic rings. The Morgan fingerprint density at radius 1 is 1.17 bits per heavy atom. The van der Waals surface area contributed by atoms with Gasteiger partial charge >= 0.3 is 0 Å². The van der Waals surface area contributed by atoms with E-state index in [9.17, 15) is 0 Å². The molecule has 0 radical (unpaired) electrons. The number of ether oxygens (including phenoxy) is 1. The van der Waals surface area contributed by atoms with E-state index in [0.29, 0.717) is 18.8 Å². The first-order chi connectivity index (χ1) is 8.79. The molecule has 1 saturated heterocycles.